The Morgan fingerprint density at radius 3 is 2.13 bits per heavy atom. The molecule has 7 nitrogen and oxygen atoms in total. The molecule has 2 amide bonds. The van der Waals surface area contributed by atoms with Crippen LogP contribution < -0.4 is 0 Å². The second-order valence-corrected chi connectivity index (χ2v) is 8.21. The van der Waals surface area contributed by atoms with E-state index in [1.165, 1.54) is 9.80 Å². The van der Waals surface area contributed by atoms with Gasteiger partial charge in [0.25, 0.3) is 0 Å². The van der Waals surface area contributed by atoms with E-state index in [4.69, 9.17) is 9.47 Å². The molecule has 134 valence electrons. The zero-order valence-electron chi connectivity index (χ0n) is 15.3. The zero-order chi connectivity index (χ0) is 18.1. The highest BCUT2D eigenvalue weighted by molar-refractivity contribution is 5.69. The normalized spacial score (nSPS) is 22.0. The van der Waals surface area contributed by atoms with Crippen molar-refractivity contribution in [2.45, 2.75) is 64.8 Å². The lowest BCUT2D eigenvalue weighted by molar-refractivity contribution is -0.0106. The number of amides is 2. The number of nitrogens with zero attached hydrogens (tertiary/aromatic N) is 2. The van der Waals surface area contributed by atoms with Crippen molar-refractivity contribution >= 4 is 12.2 Å². The first-order chi connectivity index (χ1) is 10.2. The molecule has 0 aliphatic carbocycles. The Morgan fingerprint density at radius 2 is 1.65 bits per heavy atom. The Hall–Kier alpha value is -1.50. The number of carbonyl (C=O) groups excluding carboxylic acids is 2. The fourth-order valence-electron chi connectivity index (χ4n) is 2.31. The van der Waals surface area contributed by atoms with Gasteiger partial charge in [0.1, 0.15) is 16.8 Å². The van der Waals surface area contributed by atoms with Crippen molar-refractivity contribution in [3.63, 3.8) is 0 Å². The molecule has 1 atom stereocenters. The summed E-state index contributed by atoms with van der Waals surface area (Å²) in [6.07, 6.45) is -0.561. The van der Waals surface area contributed by atoms with Gasteiger partial charge in [-0.05, 0) is 48.0 Å². The average molecular weight is 330 g/mol. The molecular formula is C16H30N2O5. The first-order valence-corrected chi connectivity index (χ1v) is 7.85. The van der Waals surface area contributed by atoms with Gasteiger partial charge in [0.05, 0.1) is 13.1 Å². The molecule has 1 saturated heterocycles. The number of hydrogen-bond donors (Lipinski definition) is 1. The lowest BCUT2D eigenvalue weighted by atomic mass is 10.0. The summed E-state index contributed by atoms with van der Waals surface area (Å²) in [6.45, 7) is 11.4. The number of hydrogen-bond acceptors (Lipinski definition) is 5. The van der Waals surface area contributed by atoms with Gasteiger partial charge < -0.3 is 24.4 Å². The Morgan fingerprint density at radius 1 is 1.13 bits per heavy atom. The van der Waals surface area contributed by atoms with E-state index in [1.54, 1.807) is 48.6 Å². The van der Waals surface area contributed by atoms with Gasteiger partial charge in [0, 0.05) is 13.6 Å². The SMILES string of the molecule is CN(CC1(O)CCN(C(=O)OC(C)(C)C)C1)C(=O)OC(C)(C)C. The maximum Gasteiger partial charge on any atom is 0.410 e. The summed E-state index contributed by atoms with van der Waals surface area (Å²) in [7, 11) is 1.57. The lowest BCUT2D eigenvalue weighted by Gasteiger charge is -2.31. The van der Waals surface area contributed by atoms with Crippen molar-refractivity contribution < 1.29 is 24.2 Å². The monoisotopic (exact) mass is 330 g/mol. The molecule has 0 saturated carbocycles. The fraction of sp³-hybridized carbons (Fsp3) is 0.875. The van der Waals surface area contributed by atoms with E-state index < -0.39 is 29.0 Å². The van der Waals surface area contributed by atoms with Gasteiger partial charge in [0.15, 0.2) is 0 Å². The minimum absolute atomic E-state index is 0.0984. The van der Waals surface area contributed by atoms with Crippen molar-refractivity contribution in [2.24, 2.45) is 0 Å². The number of carbonyl (C=O) groups is 2. The smallest absolute Gasteiger partial charge is 0.410 e. The summed E-state index contributed by atoms with van der Waals surface area (Å²) in [5, 5.41) is 10.6. The van der Waals surface area contributed by atoms with E-state index in [1.807, 2.05) is 0 Å². The molecule has 0 bridgehead atoms. The van der Waals surface area contributed by atoms with Crippen LogP contribution in [0.15, 0.2) is 0 Å². The molecule has 1 unspecified atom stereocenters. The molecule has 1 heterocycles. The maximum absolute atomic E-state index is 12.0. The number of rotatable bonds is 2. The van der Waals surface area contributed by atoms with Crippen LogP contribution >= 0.6 is 0 Å². The fourth-order valence-corrected chi connectivity index (χ4v) is 2.31. The van der Waals surface area contributed by atoms with Crippen molar-refractivity contribution in [1.29, 1.82) is 0 Å². The number of likely N-dealkylation sites (N-methyl/N-ethyl adjacent to an activating group) is 1. The van der Waals surface area contributed by atoms with Gasteiger partial charge in [-0.15, -0.1) is 0 Å². The van der Waals surface area contributed by atoms with Crippen molar-refractivity contribution in [2.75, 3.05) is 26.7 Å². The topological polar surface area (TPSA) is 79.3 Å². The van der Waals surface area contributed by atoms with Gasteiger partial charge in [-0.1, -0.05) is 0 Å². The molecule has 0 aromatic carbocycles. The summed E-state index contributed by atoms with van der Waals surface area (Å²) in [5.74, 6) is 0. The van der Waals surface area contributed by atoms with Gasteiger partial charge in [-0.2, -0.15) is 0 Å². The average Bonchev–Trinajstić information content (AvgIpc) is 2.67. The molecule has 0 spiro atoms. The molecule has 7 heteroatoms. The molecule has 1 fully saturated rings. The number of aliphatic hydroxyl groups is 1. The van der Waals surface area contributed by atoms with Gasteiger partial charge in [-0.25, -0.2) is 9.59 Å². The summed E-state index contributed by atoms with van der Waals surface area (Å²) in [4.78, 5) is 26.8. The highest BCUT2D eigenvalue weighted by Gasteiger charge is 2.41. The van der Waals surface area contributed by atoms with Crippen molar-refractivity contribution in [3.05, 3.63) is 0 Å². The van der Waals surface area contributed by atoms with E-state index in [2.05, 4.69) is 0 Å². The van der Waals surface area contributed by atoms with E-state index in [-0.39, 0.29) is 13.1 Å². The molecule has 0 radical (unpaired) electrons. The molecule has 1 N–H and O–H groups in total. The minimum Gasteiger partial charge on any atom is -0.444 e. The quantitative estimate of drug-likeness (QED) is 0.840. The standard InChI is InChI=1S/C16H30N2O5/c1-14(2,3)22-12(19)17(7)10-16(21)8-9-18(11-16)13(20)23-15(4,5)6/h21H,8-11H2,1-7H3. The molecular weight excluding hydrogens is 300 g/mol. The van der Waals surface area contributed by atoms with Crippen LogP contribution in [0.2, 0.25) is 0 Å². The van der Waals surface area contributed by atoms with Gasteiger partial charge in [0.2, 0.25) is 0 Å². The third-order valence-electron chi connectivity index (χ3n) is 3.22. The first kappa shape index (κ1) is 19.5. The zero-order valence-corrected chi connectivity index (χ0v) is 15.3. The maximum atomic E-state index is 12.0. The largest absolute Gasteiger partial charge is 0.444 e. The molecule has 1 aliphatic rings. The molecule has 1 aliphatic heterocycles. The molecule has 23 heavy (non-hydrogen) atoms. The predicted octanol–water partition coefficient (Wildman–Crippen LogP) is 2.23. The number of likely N-dealkylation sites (tertiary alicyclic amines) is 1. The van der Waals surface area contributed by atoms with Crippen LogP contribution in [-0.2, 0) is 9.47 Å². The second kappa shape index (κ2) is 6.55. The summed E-state index contributed by atoms with van der Waals surface area (Å²) < 4.78 is 10.6. The van der Waals surface area contributed by atoms with Crippen LogP contribution in [0.5, 0.6) is 0 Å². The van der Waals surface area contributed by atoms with Crippen molar-refractivity contribution in [3.8, 4) is 0 Å². The van der Waals surface area contributed by atoms with Gasteiger partial charge in [-0.3, -0.25) is 0 Å². The van der Waals surface area contributed by atoms with Crippen molar-refractivity contribution in [1.82, 2.24) is 9.80 Å². The van der Waals surface area contributed by atoms with Crippen LogP contribution in [0.3, 0.4) is 0 Å². The predicted molar refractivity (Wildman–Crippen MR) is 86.2 cm³/mol. The number of β-amino-alcohol motifs (C(OH)–C–C–N with tert-alkyl or cyclic N) is 1. The number of ether oxygens (including phenoxy) is 2. The molecule has 0 aromatic rings. The lowest BCUT2D eigenvalue weighted by Crippen LogP contribution is -2.48. The van der Waals surface area contributed by atoms with Crippen LogP contribution in [0.4, 0.5) is 9.59 Å². The van der Waals surface area contributed by atoms with E-state index >= 15 is 0 Å². The van der Waals surface area contributed by atoms with Crippen LogP contribution in [0.25, 0.3) is 0 Å². The molecule has 0 aromatic heterocycles. The van der Waals surface area contributed by atoms with Gasteiger partial charge >= 0.3 is 12.2 Å². The molecule has 1 rings (SSSR count). The Bertz CT molecular complexity index is 452. The second-order valence-electron chi connectivity index (χ2n) is 8.21. The van der Waals surface area contributed by atoms with Crippen LogP contribution in [-0.4, -0.2) is 70.6 Å². The summed E-state index contributed by atoms with van der Waals surface area (Å²) in [5.41, 5.74) is -2.32. The van der Waals surface area contributed by atoms with Crippen LogP contribution in [0, 0.1) is 0 Å². The highest BCUT2D eigenvalue weighted by atomic mass is 16.6. The Balaban J connectivity index is 2.58. The third-order valence-corrected chi connectivity index (χ3v) is 3.22. The Kier molecular flexibility index (Phi) is 5.57. The van der Waals surface area contributed by atoms with E-state index in [0.29, 0.717) is 13.0 Å². The summed E-state index contributed by atoms with van der Waals surface area (Å²) >= 11 is 0. The van der Waals surface area contributed by atoms with E-state index in [0.717, 1.165) is 0 Å². The third kappa shape index (κ3) is 6.64. The Labute approximate surface area is 138 Å². The first-order valence-electron chi connectivity index (χ1n) is 7.85. The minimum atomic E-state index is -1.15. The van der Waals surface area contributed by atoms with Crippen LogP contribution in [0.1, 0.15) is 48.0 Å². The summed E-state index contributed by atoms with van der Waals surface area (Å²) in [6, 6.07) is 0. The van der Waals surface area contributed by atoms with E-state index in [9.17, 15) is 14.7 Å². The highest BCUT2D eigenvalue weighted by Crippen LogP contribution is 2.24.